The molecular formula is C16H18N4O2+2. The zero-order valence-corrected chi connectivity index (χ0v) is 12.0. The molecule has 22 heavy (non-hydrogen) atoms. The maximum absolute atomic E-state index is 11.0. The van der Waals surface area contributed by atoms with Gasteiger partial charge in [0.15, 0.2) is 37.9 Å². The number of aromatic nitrogens is 2. The number of nitrogens with zero attached hydrogens (tertiary/aromatic N) is 3. The van der Waals surface area contributed by atoms with E-state index in [9.17, 15) is 4.79 Å². The third kappa shape index (κ3) is 4.52. The van der Waals surface area contributed by atoms with Gasteiger partial charge in [-0.25, -0.2) is 9.13 Å². The molecule has 0 spiro atoms. The molecule has 2 aromatic rings. The Morgan fingerprint density at radius 1 is 1.05 bits per heavy atom. The van der Waals surface area contributed by atoms with E-state index in [0.29, 0.717) is 5.56 Å². The second kappa shape index (κ2) is 7.68. The van der Waals surface area contributed by atoms with Crippen LogP contribution < -0.4 is 14.9 Å². The number of allylic oxidation sites excluding steroid dienone is 2. The van der Waals surface area contributed by atoms with Crippen molar-refractivity contribution in [2.45, 2.75) is 13.1 Å². The first-order valence-electron chi connectivity index (χ1n) is 6.79. The van der Waals surface area contributed by atoms with Crippen LogP contribution >= 0.6 is 0 Å². The zero-order valence-electron chi connectivity index (χ0n) is 12.0. The number of hydrogen-bond acceptors (Lipinski definition) is 3. The number of hydrogen-bond donors (Lipinski definition) is 2. The number of oxime groups is 1. The smallest absolute Gasteiger partial charge is 0.249 e. The van der Waals surface area contributed by atoms with Gasteiger partial charge in [-0.2, -0.15) is 0 Å². The van der Waals surface area contributed by atoms with Crippen molar-refractivity contribution in [3.8, 4) is 0 Å². The summed E-state index contributed by atoms with van der Waals surface area (Å²) in [5, 5.41) is 11.4. The van der Waals surface area contributed by atoms with Crippen molar-refractivity contribution >= 4 is 12.1 Å². The summed E-state index contributed by atoms with van der Waals surface area (Å²) in [7, 11) is 0. The number of amides is 1. The molecule has 0 aliphatic heterocycles. The molecule has 6 nitrogen and oxygen atoms in total. The predicted octanol–water partition coefficient (Wildman–Crippen LogP) is 0.425. The molecule has 0 fully saturated rings. The fourth-order valence-corrected chi connectivity index (χ4v) is 1.88. The molecule has 3 N–H and O–H groups in total. The Morgan fingerprint density at radius 2 is 1.55 bits per heavy atom. The van der Waals surface area contributed by atoms with Crippen LogP contribution in [0.1, 0.15) is 15.9 Å². The van der Waals surface area contributed by atoms with Crippen molar-refractivity contribution in [3.05, 3.63) is 72.3 Å². The lowest BCUT2D eigenvalue weighted by Gasteiger charge is -1.95. The Morgan fingerprint density at radius 3 is 2.00 bits per heavy atom. The van der Waals surface area contributed by atoms with E-state index in [1.165, 1.54) is 6.21 Å². The molecule has 6 heteroatoms. The number of nitrogens with two attached hydrogens (primary N) is 1. The number of carbonyl (C=O) groups is 1. The topological polar surface area (TPSA) is 83.4 Å². The number of carbonyl (C=O) groups excluding carboxylic acids is 1. The van der Waals surface area contributed by atoms with Crippen LogP contribution in [0.25, 0.3) is 0 Å². The molecule has 112 valence electrons. The average molecular weight is 298 g/mol. The van der Waals surface area contributed by atoms with Gasteiger partial charge in [0.25, 0.3) is 0 Å². The van der Waals surface area contributed by atoms with E-state index in [4.69, 9.17) is 10.9 Å². The van der Waals surface area contributed by atoms with Crippen molar-refractivity contribution < 1.29 is 19.1 Å². The highest BCUT2D eigenvalue weighted by Crippen LogP contribution is 1.93. The van der Waals surface area contributed by atoms with E-state index in [2.05, 4.69) is 11.2 Å². The highest BCUT2D eigenvalue weighted by Gasteiger charge is 2.03. The standard InChI is InChI=1S/C16H16N4O2/c17-16(21)15-5-11-20(12-6-15)8-2-1-7-19-9-3-14(4-10-19)13-18-22/h1-6,9-13H,7-8H2,(H-,17,21)/p+2/b2-1+. The highest BCUT2D eigenvalue weighted by atomic mass is 16.4. The van der Waals surface area contributed by atoms with Gasteiger partial charge in [-0.15, -0.1) is 0 Å². The number of rotatable bonds is 6. The summed E-state index contributed by atoms with van der Waals surface area (Å²) in [5.74, 6) is -0.422. The second-order valence-electron chi connectivity index (χ2n) is 4.69. The summed E-state index contributed by atoms with van der Waals surface area (Å²) < 4.78 is 3.96. The zero-order chi connectivity index (χ0) is 15.8. The molecule has 2 aromatic heterocycles. The Hall–Kier alpha value is -3.02. The minimum absolute atomic E-state index is 0.422. The first kappa shape index (κ1) is 15.4. The predicted molar refractivity (Wildman–Crippen MR) is 80.3 cm³/mol. The van der Waals surface area contributed by atoms with Crippen LogP contribution in [0.5, 0.6) is 0 Å². The van der Waals surface area contributed by atoms with Gasteiger partial charge in [0.2, 0.25) is 5.91 Å². The van der Waals surface area contributed by atoms with Crippen molar-refractivity contribution in [3.63, 3.8) is 0 Å². The molecule has 2 heterocycles. The van der Waals surface area contributed by atoms with E-state index in [-0.39, 0.29) is 0 Å². The SMILES string of the molecule is NC(=O)c1cc[n+](C/C=C/C[n+]2ccc(/C=N/O)cc2)cc1. The molecule has 0 saturated carbocycles. The van der Waals surface area contributed by atoms with Crippen molar-refractivity contribution in [1.82, 2.24) is 0 Å². The van der Waals surface area contributed by atoms with Gasteiger partial charge in [0.1, 0.15) is 0 Å². The van der Waals surface area contributed by atoms with E-state index >= 15 is 0 Å². The lowest BCUT2D eigenvalue weighted by atomic mass is 10.2. The lowest BCUT2D eigenvalue weighted by molar-refractivity contribution is -0.691. The monoisotopic (exact) mass is 298 g/mol. The normalized spacial score (nSPS) is 11.3. The molecule has 2 rings (SSSR count). The molecule has 0 aliphatic rings. The van der Waals surface area contributed by atoms with Gasteiger partial charge in [-0.3, -0.25) is 4.79 Å². The maximum atomic E-state index is 11.0. The third-order valence-electron chi connectivity index (χ3n) is 3.10. The van der Waals surface area contributed by atoms with Gasteiger partial charge in [-0.05, 0) is 12.2 Å². The van der Waals surface area contributed by atoms with Crippen molar-refractivity contribution in [2.75, 3.05) is 0 Å². The average Bonchev–Trinajstić information content (AvgIpc) is 2.54. The fraction of sp³-hybridized carbons (Fsp3) is 0.125. The van der Waals surface area contributed by atoms with Gasteiger partial charge < -0.3 is 10.9 Å². The molecule has 0 radical (unpaired) electrons. The van der Waals surface area contributed by atoms with Crippen LogP contribution in [0.15, 0.2) is 66.4 Å². The van der Waals surface area contributed by atoms with E-state index in [1.54, 1.807) is 12.1 Å². The minimum atomic E-state index is -0.422. The molecule has 1 amide bonds. The summed E-state index contributed by atoms with van der Waals surface area (Å²) in [6, 6.07) is 7.13. The Kier molecular flexibility index (Phi) is 5.37. The largest absolute Gasteiger partial charge is 0.411 e. The quantitative estimate of drug-likeness (QED) is 0.266. The van der Waals surface area contributed by atoms with Gasteiger partial charge in [0.05, 0.1) is 11.8 Å². The highest BCUT2D eigenvalue weighted by molar-refractivity contribution is 5.92. The van der Waals surface area contributed by atoms with Gasteiger partial charge >= 0.3 is 0 Å². The number of primary amides is 1. The van der Waals surface area contributed by atoms with Crippen LogP contribution in [-0.4, -0.2) is 17.3 Å². The molecule has 0 aliphatic carbocycles. The Balaban J connectivity index is 1.86. The van der Waals surface area contributed by atoms with Crippen LogP contribution in [0.3, 0.4) is 0 Å². The molecule has 0 atom stereocenters. The van der Waals surface area contributed by atoms with Gasteiger partial charge in [-0.1, -0.05) is 5.16 Å². The van der Waals surface area contributed by atoms with E-state index in [1.807, 2.05) is 52.1 Å². The Labute approximate surface area is 128 Å². The molecule has 0 aromatic carbocycles. The lowest BCUT2D eigenvalue weighted by Crippen LogP contribution is -2.33. The van der Waals surface area contributed by atoms with Crippen molar-refractivity contribution in [2.24, 2.45) is 10.9 Å². The van der Waals surface area contributed by atoms with Crippen LogP contribution in [0.2, 0.25) is 0 Å². The molecule has 0 unspecified atom stereocenters. The van der Waals surface area contributed by atoms with E-state index < -0.39 is 5.91 Å². The summed E-state index contributed by atoms with van der Waals surface area (Å²) in [6.45, 7) is 1.46. The minimum Gasteiger partial charge on any atom is -0.411 e. The summed E-state index contributed by atoms with van der Waals surface area (Å²) >= 11 is 0. The van der Waals surface area contributed by atoms with Crippen LogP contribution in [-0.2, 0) is 13.1 Å². The maximum Gasteiger partial charge on any atom is 0.249 e. The third-order valence-corrected chi connectivity index (χ3v) is 3.10. The number of pyridine rings is 2. The molecular weight excluding hydrogens is 280 g/mol. The van der Waals surface area contributed by atoms with Gasteiger partial charge in [0, 0.05) is 29.8 Å². The first-order valence-corrected chi connectivity index (χ1v) is 6.79. The summed E-state index contributed by atoms with van der Waals surface area (Å²) in [6.07, 6.45) is 12.9. The summed E-state index contributed by atoms with van der Waals surface area (Å²) in [5.41, 5.74) is 6.54. The summed E-state index contributed by atoms with van der Waals surface area (Å²) in [4.78, 5) is 11.0. The van der Waals surface area contributed by atoms with Crippen LogP contribution in [0, 0.1) is 0 Å². The molecule has 0 bridgehead atoms. The first-order chi connectivity index (χ1) is 10.7. The van der Waals surface area contributed by atoms with E-state index in [0.717, 1.165) is 18.7 Å². The molecule has 0 saturated heterocycles. The Bertz CT molecular complexity index is 676. The second-order valence-corrected chi connectivity index (χ2v) is 4.69. The van der Waals surface area contributed by atoms with Crippen molar-refractivity contribution in [1.29, 1.82) is 0 Å². The van der Waals surface area contributed by atoms with Crippen LogP contribution in [0.4, 0.5) is 0 Å². The fourth-order valence-electron chi connectivity index (χ4n) is 1.88.